The van der Waals surface area contributed by atoms with Crippen molar-refractivity contribution < 1.29 is 31.1 Å². The number of hydrogen-bond acceptors (Lipinski definition) is 4. The fraction of sp³-hybridized carbons (Fsp3) is 0.174. The minimum absolute atomic E-state index is 0.0159. The van der Waals surface area contributed by atoms with Gasteiger partial charge in [0, 0.05) is 18.1 Å². The van der Waals surface area contributed by atoms with E-state index in [1.54, 1.807) is 24.3 Å². The predicted octanol–water partition coefficient (Wildman–Crippen LogP) is 5.75. The zero-order valence-corrected chi connectivity index (χ0v) is 18.8. The second-order valence-corrected chi connectivity index (χ2v) is 9.46. The molecule has 0 aliphatic carbocycles. The van der Waals surface area contributed by atoms with E-state index in [0.717, 1.165) is 19.2 Å². The van der Waals surface area contributed by atoms with E-state index in [1.807, 2.05) is 4.72 Å². The molecule has 3 aromatic rings. The van der Waals surface area contributed by atoms with Gasteiger partial charge in [-0.2, -0.15) is 0 Å². The lowest BCUT2D eigenvalue weighted by molar-refractivity contribution is 0.0976. The number of nitrogens with one attached hydrogen (secondary N) is 1. The molecule has 1 aliphatic heterocycles. The molecule has 3 aromatic carbocycles. The molecule has 10 heteroatoms. The number of anilines is 1. The molecule has 0 fully saturated rings. The maximum atomic E-state index is 14.8. The smallest absolute Gasteiger partial charge is 0.265 e. The first-order valence-corrected chi connectivity index (χ1v) is 11.7. The number of benzene rings is 3. The number of carbonyl (C=O) groups is 1. The van der Waals surface area contributed by atoms with Crippen LogP contribution >= 0.6 is 11.6 Å². The molecule has 0 saturated carbocycles. The van der Waals surface area contributed by atoms with Gasteiger partial charge in [0.25, 0.3) is 10.0 Å². The highest BCUT2D eigenvalue weighted by atomic mass is 35.5. The maximum absolute atomic E-state index is 14.8. The van der Waals surface area contributed by atoms with Crippen molar-refractivity contribution in [3.8, 4) is 16.9 Å². The molecule has 0 atom stereocenters. The van der Waals surface area contributed by atoms with Crippen LogP contribution in [0, 0.1) is 17.5 Å². The van der Waals surface area contributed by atoms with Gasteiger partial charge >= 0.3 is 0 Å². The van der Waals surface area contributed by atoms with Crippen molar-refractivity contribution in [2.75, 3.05) is 11.8 Å². The summed E-state index contributed by atoms with van der Waals surface area (Å²) in [6.07, 6.45) is 0.505. The average molecular weight is 496 g/mol. The SMILES string of the molecule is COc1c2cc(c(F)c1Cl)C(=O)CCCc1ccccc1-c1cc(c(F)cc1F)NS2(=O)=O. The molecule has 1 heterocycles. The van der Waals surface area contributed by atoms with E-state index in [1.165, 1.54) is 0 Å². The monoisotopic (exact) mass is 495 g/mol. The van der Waals surface area contributed by atoms with Gasteiger partial charge in [-0.05, 0) is 36.1 Å². The first-order valence-electron chi connectivity index (χ1n) is 9.83. The van der Waals surface area contributed by atoms with Crippen LogP contribution in [0.5, 0.6) is 5.75 Å². The number of Topliss-reactive ketones (excluding diaryl/α,β-unsaturated/α-hetero) is 1. The van der Waals surface area contributed by atoms with Gasteiger partial charge in [0.05, 0.1) is 18.4 Å². The van der Waals surface area contributed by atoms with Gasteiger partial charge in [0.2, 0.25) is 0 Å². The minimum atomic E-state index is -4.63. The number of ether oxygens (including phenoxy) is 1. The van der Waals surface area contributed by atoms with Crippen LogP contribution in [0.2, 0.25) is 5.02 Å². The first-order chi connectivity index (χ1) is 15.6. The molecule has 4 bridgehead atoms. The molecule has 172 valence electrons. The number of fused-ring (bicyclic) bond motifs is 6. The zero-order valence-electron chi connectivity index (χ0n) is 17.2. The summed E-state index contributed by atoms with van der Waals surface area (Å²) >= 11 is 5.98. The lowest BCUT2D eigenvalue weighted by atomic mass is 9.94. The fourth-order valence-corrected chi connectivity index (χ4v) is 5.38. The fourth-order valence-electron chi connectivity index (χ4n) is 3.79. The number of rotatable bonds is 1. The standard InChI is InChI=1S/C23H17ClF3NO4S/c1-32-23-20-10-15(22(27)21(23)24)19(29)8-4-6-12-5-2-3-7-13(12)14-9-18(28-33(20,30)31)17(26)11-16(14)25/h2-3,5,7,9-11,28H,4,6,8H2,1H3. The molecule has 0 unspecified atom stereocenters. The van der Waals surface area contributed by atoms with Crippen molar-refractivity contribution in [2.24, 2.45) is 0 Å². The number of aryl methyl sites for hydroxylation is 1. The molecule has 0 saturated heterocycles. The highest BCUT2D eigenvalue weighted by Crippen LogP contribution is 2.39. The van der Waals surface area contributed by atoms with Gasteiger partial charge in [-0.3, -0.25) is 9.52 Å². The van der Waals surface area contributed by atoms with E-state index in [4.69, 9.17) is 16.3 Å². The summed E-state index contributed by atoms with van der Waals surface area (Å²) in [6.45, 7) is 0. The van der Waals surface area contributed by atoms with Crippen molar-refractivity contribution in [2.45, 2.75) is 24.2 Å². The molecule has 5 nitrogen and oxygen atoms in total. The lowest BCUT2D eigenvalue weighted by Gasteiger charge is -2.18. The summed E-state index contributed by atoms with van der Waals surface area (Å²) in [7, 11) is -3.55. The molecular weight excluding hydrogens is 479 g/mol. The van der Waals surface area contributed by atoms with Crippen LogP contribution in [-0.4, -0.2) is 21.3 Å². The van der Waals surface area contributed by atoms with E-state index in [2.05, 4.69) is 0 Å². The van der Waals surface area contributed by atoms with Crippen LogP contribution < -0.4 is 9.46 Å². The highest BCUT2D eigenvalue weighted by Gasteiger charge is 2.30. The molecule has 0 radical (unpaired) electrons. The number of halogens is 4. The number of ketones is 1. The van der Waals surface area contributed by atoms with Gasteiger partial charge in [-0.25, -0.2) is 21.6 Å². The largest absolute Gasteiger partial charge is 0.494 e. The molecular formula is C23H17ClF3NO4S. The molecule has 1 aliphatic rings. The third-order valence-corrected chi connectivity index (χ3v) is 7.09. The van der Waals surface area contributed by atoms with Gasteiger partial charge < -0.3 is 4.74 Å². The average Bonchev–Trinajstić information content (AvgIpc) is 2.77. The Kier molecular flexibility index (Phi) is 6.11. The molecule has 0 amide bonds. The molecule has 33 heavy (non-hydrogen) atoms. The summed E-state index contributed by atoms with van der Waals surface area (Å²) < 4.78 is 77.4. The Morgan fingerprint density at radius 3 is 2.42 bits per heavy atom. The topological polar surface area (TPSA) is 72.5 Å². The normalized spacial score (nSPS) is 15.2. The van der Waals surface area contributed by atoms with Gasteiger partial charge in [0.15, 0.2) is 17.3 Å². The van der Waals surface area contributed by atoms with E-state index < -0.39 is 60.2 Å². The molecule has 0 aromatic heterocycles. The van der Waals surface area contributed by atoms with Crippen LogP contribution in [-0.2, 0) is 16.4 Å². The summed E-state index contributed by atoms with van der Waals surface area (Å²) in [6, 6.07) is 9.17. The van der Waals surface area contributed by atoms with Crippen molar-refractivity contribution in [1.29, 1.82) is 0 Å². The van der Waals surface area contributed by atoms with Crippen LogP contribution in [0.3, 0.4) is 0 Å². The summed E-state index contributed by atoms with van der Waals surface area (Å²) in [4.78, 5) is 12.1. The third kappa shape index (κ3) is 4.18. The van der Waals surface area contributed by atoms with Crippen molar-refractivity contribution >= 4 is 33.1 Å². The van der Waals surface area contributed by atoms with Crippen molar-refractivity contribution in [1.82, 2.24) is 0 Å². The van der Waals surface area contributed by atoms with E-state index in [0.29, 0.717) is 23.6 Å². The first kappa shape index (κ1) is 23.1. The van der Waals surface area contributed by atoms with Gasteiger partial charge in [0.1, 0.15) is 21.6 Å². The van der Waals surface area contributed by atoms with Crippen LogP contribution in [0.25, 0.3) is 11.1 Å². The zero-order chi connectivity index (χ0) is 23.9. The summed E-state index contributed by atoms with van der Waals surface area (Å²) in [5.41, 5.74) is 0.0131. The predicted molar refractivity (Wildman–Crippen MR) is 118 cm³/mol. The highest BCUT2D eigenvalue weighted by molar-refractivity contribution is 7.92. The summed E-state index contributed by atoms with van der Waals surface area (Å²) in [5, 5.41) is -0.693. The van der Waals surface area contributed by atoms with Crippen molar-refractivity contribution in [3.63, 3.8) is 0 Å². The van der Waals surface area contributed by atoms with E-state index >= 15 is 0 Å². The number of sulfonamides is 1. The van der Waals surface area contributed by atoms with E-state index in [-0.39, 0.29) is 18.4 Å². The molecule has 0 spiro atoms. The third-order valence-electron chi connectivity index (χ3n) is 5.38. The molecule has 1 N–H and O–H groups in total. The van der Waals surface area contributed by atoms with Crippen LogP contribution in [0.1, 0.15) is 28.8 Å². The Balaban J connectivity index is 2.00. The Hall–Kier alpha value is -3.04. The number of methoxy groups -OCH3 is 1. The Morgan fingerprint density at radius 2 is 1.70 bits per heavy atom. The Morgan fingerprint density at radius 1 is 0.970 bits per heavy atom. The number of hydrogen-bond donors (Lipinski definition) is 1. The second kappa shape index (κ2) is 8.72. The maximum Gasteiger partial charge on any atom is 0.265 e. The lowest BCUT2D eigenvalue weighted by Crippen LogP contribution is -2.17. The van der Waals surface area contributed by atoms with Crippen LogP contribution in [0.4, 0.5) is 18.9 Å². The van der Waals surface area contributed by atoms with Gasteiger partial charge in [-0.1, -0.05) is 35.9 Å². The second-order valence-electron chi connectivity index (χ2n) is 7.43. The van der Waals surface area contributed by atoms with Crippen molar-refractivity contribution in [3.05, 3.63) is 76.1 Å². The Bertz CT molecular complexity index is 1390. The Labute approximate surface area is 193 Å². The van der Waals surface area contributed by atoms with Crippen LogP contribution in [0.15, 0.2) is 47.4 Å². The summed E-state index contributed by atoms with van der Waals surface area (Å²) in [5.74, 6) is -4.36. The minimum Gasteiger partial charge on any atom is -0.494 e. The quantitative estimate of drug-likeness (QED) is 0.466. The van der Waals surface area contributed by atoms with E-state index in [9.17, 15) is 26.4 Å². The number of carbonyl (C=O) groups excluding carboxylic acids is 1. The van der Waals surface area contributed by atoms with Gasteiger partial charge in [-0.15, -0.1) is 0 Å². The molecule has 4 rings (SSSR count).